The molecule has 7 heteroatoms. The summed E-state index contributed by atoms with van der Waals surface area (Å²) in [5, 5.41) is 1.91. The highest BCUT2D eigenvalue weighted by Crippen LogP contribution is 2.35. The molecule has 0 fully saturated rings. The maximum absolute atomic E-state index is 12.9. The number of amides is 1. The van der Waals surface area contributed by atoms with Crippen molar-refractivity contribution in [3.8, 4) is 0 Å². The molecule has 0 saturated heterocycles. The minimum atomic E-state index is -3.62. The van der Waals surface area contributed by atoms with E-state index in [-0.39, 0.29) is 23.4 Å². The number of aryl methyl sites for hydroxylation is 1. The van der Waals surface area contributed by atoms with Crippen LogP contribution in [0.5, 0.6) is 0 Å². The summed E-state index contributed by atoms with van der Waals surface area (Å²) in [7, 11) is -1.82. The van der Waals surface area contributed by atoms with Crippen molar-refractivity contribution in [2.24, 2.45) is 0 Å². The summed E-state index contributed by atoms with van der Waals surface area (Å²) in [6.07, 6.45) is 1.87. The predicted molar refractivity (Wildman–Crippen MR) is 114 cm³/mol. The molecule has 3 aromatic rings. The first-order valence-corrected chi connectivity index (χ1v) is 11.8. The van der Waals surface area contributed by atoms with Crippen LogP contribution in [-0.4, -0.2) is 26.3 Å². The molecule has 150 valence electrons. The van der Waals surface area contributed by atoms with Gasteiger partial charge in [-0.2, -0.15) is 0 Å². The van der Waals surface area contributed by atoms with Crippen LogP contribution in [0.2, 0.25) is 0 Å². The standard InChI is InChI=1S/C22H22N2O3S2/c1-24(21-13-10-16-5-2-3-7-20(16)21)22(25)17-8-11-19(12-9-17)29(26,27)23-15-18-6-4-14-28-18/h2-9,11-12,14,21,23H,10,13,15H2,1H3. The number of carbonyl (C=O) groups is 1. The van der Waals surface area contributed by atoms with Gasteiger partial charge in [0, 0.05) is 24.0 Å². The highest BCUT2D eigenvalue weighted by atomic mass is 32.2. The number of thiophene rings is 1. The van der Waals surface area contributed by atoms with Crippen molar-refractivity contribution in [1.29, 1.82) is 0 Å². The van der Waals surface area contributed by atoms with Crippen molar-refractivity contribution in [2.75, 3.05) is 7.05 Å². The Morgan fingerprint density at radius 2 is 1.86 bits per heavy atom. The smallest absolute Gasteiger partial charge is 0.254 e. The number of nitrogens with one attached hydrogen (secondary N) is 1. The molecule has 1 amide bonds. The normalized spacial score (nSPS) is 15.8. The summed E-state index contributed by atoms with van der Waals surface area (Å²) >= 11 is 1.50. The Bertz CT molecular complexity index is 1110. The van der Waals surface area contributed by atoms with Crippen LogP contribution < -0.4 is 4.72 Å². The predicted octanol–water partition coefficient (Wildman–Crippen LogP) is 3.99. The van der Waals surface area contributed by atoms with Crippen LogP contribution in [0.25, 0.3) is 0 Å². The van der Waals surface area contributed by atoms with E-state index < -0.39 is 10.0 Å². The molecule has 1 aromatic heterocycles. The van der Waals surface area contributed by atoms with Crippen LogP contribution in [0.1, 0.15) is 38.8 Å². The van der Waals surface area contributed by atoms with Crippen molar-refractivity contribution in [1.82, 2.24) is 9.62 Å². The molecule has 1 unspecified atom stereocenters. The number of hydrogen-bond donors (Lipinski definition) is 1. The number of nitrogens with zero attached hydrogens (tertiary/aromatic N) is 1. The van der Waals surface area contributed by atoms with Gasteiger partial charge in [-0.05, 0) is 59.7 Å². The summed E-state index contributed by atoms with van der Waals surface area (Å²) in [6.45, 7) is 0.254. The van der Waals surface area contributed by atoms with E-state index in [0.717, 1.165) is 17.7 Å². The van der Waals surface area contributed by atoms with Crippen LogP contribution >= 0.6 is 11.3 Å². The second-order valence-electron chi connectivity index (χ2n) is 7.10. The van der Waals surface area contributed by atoms with E-state index in [9.17, 15) is 13.2 Å². The number of benzene rings is 2. The van der Waals surface area contributed by atoms with Gasteiger partial charge in [0.2, 0.25) is 10.0 Å². The topological polar surface area (TPSA) is 66.5 Å². The van der Waals surface area contributed by atoms with E-state index >= 15 is 0 Å². The van der Waals surface area contributed by atoms with E-state index in [1.54, 1.807) is 17.0 Å². The zero-order valence-corrected chi connectivity index (χ0v) is 17.7. The molecule has 5 nitrogen and oxygen atoms in total. The van der Waals surface area contributed by atoms with Gasteiger partial charge in [0.25, 0.3) is 5.91 Å². The first-order valence-electron chi connectivity index (χ1n) is 9.43. The molecule has 0 bridgehead atoms. The lowest BCUT2D eigenvalue weighted by atomic mass is 10.1. The van der Waals surface area contributed by atoms with E-state index in [4.69, 9.17) is 0 Å². The van der Waals surface area contributed by atoms with Crippen LogP contribution in [0.15, 0.2) is 70.9 Å². The Kier molecular flexibility index (Phi) is 5.54. The lowest BCUT2D eigenvalue weighted by Gasteiger charge is -2.25. The number of fused-ring (bicyclic) bond motifs is 1. The van der Waals surface area contributed by atoms with Crippen LogP contribution in [0.4, 0.5) is 0 Å². The van der Waals surface area contributed by atoms with Gasteiger partial charge in [0.1, 0.15) is 0 Å². The van der Waals surface area contributed by atoms with Crippen molar-refractivity contribution in [3.05, 3.63) is 87.6 Å². The number of carbonyl (C=O) groups excluding carboxylic acids is 1. The fourth-order valence-corrected chi connectivity index (χ4v) is 5.46. The monoisotopic (exact) mass is 426 g/mol. The van der Waals surface area contributed by atoms with Crippen LogP contribution in [-0.2, 0) is 23.0 Å². The number of rotatable bonds is 6. The van der Waals surface area contributed by atoms with E-state index in [1.165, 1.54) is 34.6 Å². The maximum Gasteiger partial charge on any atom is 0.254 e. The van der Waals surface area contributed by atoms with Crippen molar-refractivity contribution >= 4 is 27.3 Å². The Balaban J connectivity index is 1.46. The van der Waals surface area contributed by atoms with Gasteiger partial charge in [-0.15, -0.1) is 11.3 Å². The molecule has 1 heterocycles. The highest BCUT2D eigenvalue weighted by molar-refractivity contribution is 7.89. The van der Waals surface area contributed by atoms with E-state index in [2.05, 4.69) is 16.9 Å². The third-order valence-electron chi connectivity index (χ3n) is 5.32. The van der Waals surface area contributed by atoms with Gasteiger partial charge < -0.3 is 4.90 Å². The summed E-state index contributed by atoms with van der Waals surface area (Å²) in [4.78, 5) is 15.8. The second kappa shape index (κ2) is 8.10. The molecule has 1 N–H and O–H groups in total. The molecule has 2 aromatic carbocycles. The maximum atomic E-state index is 12.9. The molecule has 0 saturated carbocycles. The summed E-state index contributed by atoms with van der Waals surface area (Å²) in [6, 6.07) is 18.2. The second-order valence-corrected chi connectivity index (χ2v) is 9.90. The minimum absolute atomic E-state index is 0.0505. The van der Waals surface area contributed by atoms with Gasteiger partial charge >= 0.3 is 0 Å². The first kappa shape index (κ1) is 19.8. The minimum Gasteiger partial charge on any atom is -0.335 e. The van der Waals surface area contributed by atoms with E-state index in [1.807, 2.05) is 36.7 Å². The lowest BCUT2D eigenvalue weighted by Crippen LogP contribution is -2.30. The van der Waals surface area contributed by atoms with Gasteiger partial charge in [0.05, 0.1) is 10.9 Å². The van der Waals surface area contributed by atoms with Crippen LogP contribution in [0.3, 0.4) is 0 Å². The Labute approximate surface area is 175 Å². The van der Waals surface area contributed by atoms with Crippen molar-refractivity contribution in [2.45, 2.75) is 30.3 Å². The molecule has 1 atom stereocenters. The van der Waals surface area contributed by atoms with Crippen LogP contribution in [0, 0.1) is 0 Å². The van der Waals surface area contributed by atoms with Gasteiger partial charge in [-0.3, -0.25) is 4.79 Å². The molecule has 29 heavy (non-hydrogen) atoms. The molecular weight excluding hydrogens is 404 g/mol. The Morgan fingerprint density at radius 1 is 1.10 bits per heavy atom. The molecule has 1 aliphatic carbocycles. The van der Waals surface area contributed by atoms with Crippen molar-refractivity contribution < 1.29 is 13.2 Å². The summed E-state index contributed by atoms with van der Waals surface area (Å²) < 4.78 is 27.6. The SMILES string of the molecule is CN(C(=O)c1ccc(S(=O)(=O)NCc2cccs2)cc1)C1CCc2ccccc21. The Hall–Kier alpha value is -2.48. The van der Waals surface area contributed by atoms with Gasteiger partial charge in [-0.1, -0.05) is 30.3 Å². The largest absolute Gasteiger partial charge is 0.335 e. The highest BCUT2D eigenvalue weighted by Gasteiger charge is 2.29. The number of hydrogen-bond acceptors (Lipinski definition) is 4. The third kappa shape index (κ3) is 4.12. The molecule has 0 spiro atoms. The number of sulfonamides is 1. The third-order valence-corrected chi connectivity index (χ3v) is 7.61. The first-order chi connectivity index (χ1) is 14.0. The molecule has 0 radical (unpaired) electrons. The summed E-state index contributed by atoms with van der Waals surface area (Å²) in [5.41, 5.74) is 2.96. The molecule has 0 aliphatic heterocycles. The molecular formula is C22H22N2O3S2. The molecule has 1 aliphatic rings. The quantitative estimate of drug-likeness (QED) is 0.648. The van der Waals surface area contributed by atoms with Gasteiger partial charge in [0.15, 0.2) is 0 Å². The average molecular weight is 427 g/mol. The van der Waals surface area contributed by atoms with Crippen molar-refractivity contribution in [3.63, 3.8) is 0 Å². The molecule has 4 rings (SSSR count). The lowest BCUT2D eigenvalue weighted by molar-refractivity contribution is 0.0730. The Morgan fingerprint density at radius 3 is 2.59 bits per heavy atom. The fourth-order valence-electron chi connectivity index (χ4n) is 3.72. The zero-order valence-electron chi connectivity index (χ0n) is 16.0. The van der Waals surface area contributed by atoms with E-state index in [0.29, 0.717) is 5.56 Å². The zero-order chi connectivity index (χ0) is 20.4. The van der Waals surface area contributed by atoms with Gasteiger partial charge in [-0.25, -0.2) is 13.1 Å². The average Bonchev–Trinajstić information content (AvgIpc) is 3.41. The summed E-state index contributed by atoms with van der Waals surface area (Å²) in [5.74, 6) is -0.109. The fraction of sp³-hybridized carbons (Fsp3) is 0.227.